The molecule has 1 aliphatic heterocycles. The molecule has 0 bridgehead atoms. The van der Waals surface area contributed by atoms with Crippen LogP contribution < -0.4 is 0 Å². The summed E-state index contributed by atoms with van der Waals surface area (Å²) in [6, 6.07) is 15.1. The Morgan fingerprint density at radius 1 is 1.00 bits per heavy atom. The van der Waals surface area contributed by atoms with Crippen LogP contribution in [-0.2, 0) is 13.0 Å². The predicted molar refractivity (Wildman–Crippen MR) is 105 cm³/mol. The first-order chi connectivity index (χ1) is 14.3. The first-order valence-corrected chi connectivity index (χ1v) is 9.43. The van der Waals surface area contributed by atoms with Crippen LogP contribution in [0.2, 0.25) is 0 Å². The first kappa shape index (κ1) is 17.3. The van der Waals surface area contributed by atoms with E-state index >= 15 is 0 Å². The third-order valence-corrected chi connectivity index (χ3v) is 4.93. The molecular weight excluding hydrogens is 368 g/mol. The van der Waals surface area contributed by atoms with E-state index in [0.717, 1.165) is 17.0 Å². The van der Waals surface area contributed by atoms with Gasteiger partial charge in [-0.25, -0.2) is 9.67 Å². The molecule has 8 heteroatoms. The average Bonchev–Trinajstić information content (AvgIpc) is 3.38. The highest BCUT2D eigenvalue weighted by Gasteiger charge is 2.24. The summed E-state index contributed by atoms with van der Waals surface area (Å²) in [5.74, 6) is 1.97. The SMILES string of the molecule is O=C(c1cc(-c2ccccc2)on1)N1CCc2nc(-c3cccnc3)nn2CC1. The highest BCUT2D eigenvalue weighted by Crippen LogP contribution is 2.21. The zero-order chi connectivity index (χ0) is 19.6. The van der Waals surface area contributed by atoms with E-state index in [1.54, 1.807) is 23.4 Å². The molecule has 1 amide bonds. The maximum absolute atomic E-state index is 12.9. The fourth-order valence-corrected chi connectivity index (χ4v) is 3.40. The molecule has 5 rings (SSSR count). The Hall–Kier alpha value is -3.81. The summed E-state index contributed by atoms with van der Waals surface area (Å²) >= 11 is 0. The standard InChI is InChI=1S/C21H18N6O2/c28-21(17-13-18(29-25-17)15-5-2-1-3-6-15)26-10-8-19-23-20(24-27(19)12-11-26)16-7-4-9-22-14-16/h1-7,9,13-14H,8,10-12H2. The van der Waals surface area contributed by atoms with E-state index < -0.39 is 0 Å². The number of pyridine rings is 1. The second-order valence-electron chi connectivity index (χ2n) is 6.80. The number of rotatable bonds is 3. The number of nitrogens with zero attached hydrogens (tertiary/aromatic N) is 6. The van der Waals surface area contributed by atoms with Crippen LogP contribution in [-0.4, -0.2) is 48.8 Å². The molecule has 0 unspecified atom stereocenters. The van der Waals surface area contributed by atoms with E-state index in [1.807, 2.05) is 47.1 Å². The molecule has 4 aromatic rings. The number of hydrogen-bond acceptors (Lipinski definition) is 6. The van der Waals surface area contributed by atoms with Gasteiger partial charge in [0.1, 0.15) is 5.82 Å². The van der Waals surface area contributed by atoms with Crippen LogP contribution in [0.15, 0.2) is 65.4 Å². The Kier molecular flexibility index (Phi) is 4.36. The predicted octanol–water partition coefficient (Wildman–Crippen LogP) is 2.69. The third-order valence-electron chi connectivity index (χ3n) is 4.93. The van der Waals surface area contributed by atoms with E-state index in [9.17, 15) is 4.79 Å². The van der Waals surface area contributed by atoms with Crippen LogP contribution in [0, 0.1) is 0 Å². The molecule has 0 spiro atoms. The van der Waals surface area contributed by atoms with Gasteiger partial charge < -0.3 is 9.42 Å². The Balaban J connectivity index is 1.30. The largest absolute Gasteiger partial charge is 0.355 e. The van der Waals surface area contributed by atoms with Crippen molar-refractivity contribution in [1.29, 1.82) is 0 Å². The van der Waals surface area contributed by atoms with Gasteiger partial charge in [-0.05, 0) is 12.1 Å². The molecule has 29 heavy (non-hydrogen) atoms. The summed E-state index contributed by atoms with van der Waals surface area (Å²) in [7, 11) is 0. The van der Waals surface area contributed by atoms with E-state index in [-0.39, 0.29) is 5.91 Å². The Morgan fingerprint density at radius 2 is 1.86 bits per heavy atom. The minimum atomic E-state index is -0.144. The van der Waals surface area contributed by atoms with Crippen molar-refractivity contribution in [3.05, 3.63) is 72.4 Å². The molecule has 1 aromatic carbocycles. The maximum Gasteiger partial charge on any atom is 0.276 e. The van der Waals surface area contributed by atoms with E-state index in [2.05, 4.69) is 20.2 Å². The minimum absolute atomic E-state index is 0.144. The Morgan fingerprint density at radius 3 is 2.69 bits per heavy atom. The monoisotopic (exact) mass is 386 g/mol. The number of amides is 1. The Labute approximate surface area is 166 Å². The molecule has 0 aliphatic carbocycles. The van der Waals surface area contributed by atoms with Crippen molar-refractivity contribution in [3.8, 4) is 22.7 Å². The van der Waals surface area contributed by atoms with Gasteiger partial charge in [0.2, 0.25) is 0 Å². The van der Waals surface area contributed by atoms with Crippen LogP contribution in [0.5, 0.6) is 0 Å². The lowest BCUT2D eigenvalue weighted by molar-refractivity contribution is 0.0748. The highest BCUT2D eigenvalue weighted by molar-refractivity contribution is 5.93. The quantitative estimate of drug-likeness (QED) is 0.538. The second kappa shape index (κ2) is 7.31. The van der Waals surface area contributed by atoms with Crippen molar-refractivity contribution in [2.75, 3.05) is 13.1 Å². The van der Waals surface area contributed by atoms with Gasteiger partial charge in [-0.15, -0.1) is 0 Å². The van der Waals surface area contributed by atoms with Gasteiger partial charge in [0.25, 0.3) is 5.91 Å². The van der Waals surface area contributed by atoms with Crippen LogP contribution in [0.25, 0.3) is 22.7 Å². The number of carbonyl (C=O) groups is 1. The first-order valence-electron chi connectivity index (χ1n) is 9.43. The molecule has 0 fully saturated rings. The molecule has 8 nitrogen and oxygen atoms in total. The normalized spacial score (nSPS) is 13.7. The van der Waals surface area contributed by atoms with Crippen LogP contribution in [0.1, 0.15) is 16.3 Å². The lowest BCUT2D eigenvalue weighted by Gasteiger charge is -2.18. The van der Waals surface area contributed by atoms with E-state index in [0.29, 0.717) is 43.3 Å². The summed E-state index contributed by atoms with van der Waals surface area (Å²) in [6.45, 7) is 1.67. The average molecular weight is 386 g/mol. The number of hydrogen-bond donors (Lipinski definition) is 0. The molecule has 0 atom stereocenters. The molecule has 0 saturated carbocycles. The molecule has 144 valence electrons. The number of aromatic nitrogens is 5. The summed E-state index contributed by atoms with van der Waals surface area (Å²) in [4.78, 5) is 23.4. The van der Waals surface area contributed by atoms with E-state index in [4.69, 9.17) is 4.52 Å². The van der Waals surface area contributed by atoms with Crippen molar-refractivity contribution in [3.63, 3.8) is 0 Å². The molecule has 0 radical (unpaired) electrons. The van der Waals surface area contributed by atoms with Crippen LogP contribution >= 0.6 is 0 Å². The third kappa shape index (κ3) is 3.40. The molecule has 0 N–H and O–H groups in total. The summed E-state index contributed by atoms with van der Waals surface area (Å²) in [5, 5.41) is 8.56. The van der Waals surface area contributed by atoms with Crippen molar-refractivity contribution in [1.82, 2.24) is 29.8 Å². The van der Waals surface area contributed by atoms with Crippen molar-refractivity contribution >= 4 is 5.91 Å². The summed E-state index contributed by atoms with van der Waals surface area (Å²) in [6.07, 6.45) is 4.10. The second-order valence-corrected chi connectivity index (χ2v) is 6.80. The zero-order valence-corrected chi connectivity index (χ0v) is 15.6. The zero-order valence-electron chi connectivity index (χ0n) is 15.6. The van der Waals surface area contributed by atoms with Gasteiger partial charge >= 0.3 is 0 Å². The van der Waals surface area contributed by atoms with Gasteiger partial charge in [0.15, 0.2) is 17.3 Å². The highest BCUT2D eigenvalue weighted by atomic mass is 16.5. The topological polar surface area (TPSA) is 89.9 Å². The summed E-state index contributed by atoms with van der Waals surface area (Å²) < 4.78 is 7.24. The summed E-state index contributed by atoms with van der Waals surface area (Å²) in [5.41, 5.74) is 2.09. The van der Waals surface area contributed by atoms with Gasteiger partial charge in [0, 0.05) is 49.1 Å². The lowest BCUT2D eigenvalue weighted by Crippen LogP contribution is -2.34. The van der Waals surface area contributed by atoms with Gasteiger partial charge in [-0.3, -0.25) is 9.78 Å². The molecular formula is C21H18N6O2. The van der Waals surface area contributed by atoms with Gasteiger partial charge in [-0.2, -0.15) is 5.10 Å². The van der Waals surface area contributed by atoms with Gasteiger partial charge in [0.05, 0.1) is 6.54 Å². The van der Waals surface area contributed by atoms with Crippen molar-refractivity contribution < 1.29 is 9.32 Å². The minimum Gasteiger partial charge on any atom is -0.355 e. The molecule has 4 heterocycles. The van der Waals surface area contributed by atoms with Crippen molar-refractivity contribution in [2.45, 2.75) is 13.0 Å². The van der Waals surface area contributed by atoms with Crippen LogP contribution in [0.3, 0.4) is 0 Å². The van der Waals surface area contributed by atoms with Gasteiger partial charge in [-0.1, -0.05) is 35.5 Å². The lowest BCUT2D eigenvalue weighted by atomic mass is 10.1. The van der Waals surface area contributed by atoms with Crippen LogP contribution in [0.4, 0.5) is 0 Å². The maximum atomic E-state index is 12.9. The molecule has 1 aliphatic rings. The smallest absolute Gasteiger partial charge is 0.276 e. The van der Waals surface area contributed by atoms with E-state index in [1.165, 1.54) is 0 Å². The number of fused-ring (bicyclic) bond motifs is 1. The molecule has 3 aromatic heterocycles. The molecule has 0 saturated heterocycles. The fraction of sp³-hybridized carbons (Fsp3) is 0.190. The number of benzene rings is 1. The fourth-order valence-electron chi connectivity index (χ4n) is 3.40. The number of carbonyl (C=O) groups excluding carboxylic acids is 1. The Bertz CT molecular complexity index is 1110. The van der Waals surface area contributed by atoms with Crippen molar-refractivity contribution in [2.24, 2.45) is 0 Å².